The molecule has 0 spiro atoms. The van der Waals surface area contributed by atoms with Gasteiger partial charge < -0.3 is 10.5 Å². The Kier molecular flexibility index (Phi) is 3.93. The first-order chi connectivity index (χ1) is 6.60. The molecule has 0 aromatic rings. The molecule has 1 fully saturated rings. The van der Waals surface area contributed by atoms with Crippen molar-refractivity contribution in [2.75, 3.05) is 13.7 Å². The van der Waals surface area contributed by atoms with Gasteiger partial charge in [-0.25, -0.2) is 0 Å². The highest BCUT2D eigenvalue weighted by Crippen LogP contribution is 2.32. The third kappa shape index (κ3) is 2.47. The average molecular weight is 198 g/mol. The van der Waals surface area contributed by atoms with Crippen LogP contribution in [0.5, 0.6) is 0 Å². The molecule has 1 aliphatic carbocycles. The van der Waals surface area contributed by atoms with E-state index in [0.29, 0.717) is 11.8 Å². The number of nitrogens with two attached hydrogens (primary N) is 1. The second-order valence-electron chi connectivity index (χ2n) is 4.53. The minimum absolute atomic E-state index is 0.241. The van der Waals surface area contributed by atoms with Gasteiger partial charge in [-0.2, -0.15) is 0 Å². The maximum Gasteiger partial charge on any atom is 0.126 e. The maximum absolute atomic E-state index is 6.00. The summed E-state index contributed by atoms with van der Waals surface area (Å²) in [5.74, 6) is 1.26. The highest BCUT2D eigenvalue weighted by molar-refractivity contribution is 5.89. The monoisotopic (exact) mass is 198 g/mol. The summed E-state index contributed by atoms with van der Waals surface area (Å²) in [4.78, 5) is 4.42. The van der Waals surface area contributed by atoms with Crippen LogP contribution in [0.1, 0.15) is 39.5 Å². The topological polar surface area (TPSA) is 47.6 Å². The fourth-order valence-corrected chi connectivity index (χ4v) is 1.94. The van der Waals surface area contributed by atoms with Crippen LogP contribution in [0.25, 0.3) is 0 Å². The summed E-state index contributed by atoms with van der Waals surface area (Å²) in [6.45, 7) is 5.09. The van der Waals surface area contributed by atoms with E-state index < -0.39 is 0 Å². The van der Waals surface area contributed by atoms with Gasteiger partial charge in [0.05, 0.1) is 0 Å². The van der Waals surface area contributed by atoms with E-state index in [2.05, 4.69) is 18.8 Å². The molecule has 1 aliphatic rings. The lowest BCUT2D eigenvalue weighted by Crippen LogP contribution is -2.43. The van der Waals surface area contributed by atoms with Crippen LogP contribution in [0.4, 0.5) is 0 Å². The maximum atomic E-state index is 6.00. The Morgan fingerprint density at radius 3 is 2.43 bits per heavy atom. The summed E-state index contributed by atoms with van der Waals surface area (Å²) < 4.78 is 5.54. The Hall–Kier alpha value is -0.570. The van der Waals surface area contributed by atoms with Crippen molar-refractivity contribution in [3.05, 3.63) is 0 Å². The number of hydrogen-bond acceptors (Lipinski definition) is 2. The van der Waals surface area contributed by atoms with E-state index in [1.165, 1.54) is 12.8 Å². The minimum Gasteiger partial charge on any atom is -0.385 e. The van der Waals surface area contributed by atoms with Crippen LogP contribution in [-0.4, -0.2) is 25.1 Å². The number of nitrogens with zero attached hydrogens (tertiary/aromatic N) is 1. The van der Waals surface area contributed by atoms with Crippen molar-refractivity contribution in [2.24, 2.45) is 16.6 Å². The minimum atomic E-state index is -0.241. The lowest BCUT2D eigenvalue weighted by atomic mass is 10.0. The molecule has 2 N–H and O–H groups in total. The molecule has 3 nitrogen and oxygen atoms in total. The second-order valence-corrected chi connectivity index (χ2v) is 4.53. The first-order valence-corrected chi connectivity index (χ1v) is 5.46. The summed E-state index contributed by atoms with van der Waals surface area (Å²) in [6, 6.07) is 0. The highest BCUT2D eigenvalue weighted by Gasteiger charge is 2.37. The van der Waals surface area contributed by atoms with Gasteiger partial charge in [-0.3, -0.25) is 4.99 Å². The standard InChI is InChI=1S/C11H22N2O/c1-9(2)8-13-10(12)11(14-3)6-4-5-7-11/h9H,4-8H2,1-3H3,(H2,12,13). The summed E-state index contributed by atoms with van der Waals surface area (Å²) in [6.07, 6.45) is 4.45. The lowest BCUT2D eigenvalue weighted by molar-refractivity contribution is 0.0550. The largest absolute Gasteiger partial charge is 0.385 e. The molecule has 0 aliphatic heterocycles. The number of rotatable bonds is 4. The van der Waals surface area contributed by atoms with Gasteiger partial charge in [-0.15, -0.1) is 0 Å². The van der Waals surface area contributed by atoms with Crippen LogP contribution in [0.3, 0.4) is 0 Å². The SMILES string of the molecule is COC1(C(N)=NCC(C)C)CCCC1. The molecule has 0 heterocycles. The molecular formula is C11H22N2O. The van der Waals surface area contributed by atoms with Gasteiger partial charge in [0, 0.05) is 13.7 Å². The van der Waals surface area contributed by atoms with E-state index in [-0.39, 0.29) is 5.60 Å². The zero-order chi connectivity index (χ0) is 10.6. The number of hydrogen-bond donors (Lipinski definition) is 1. The average Bonchev–Trinajstić information content (AvgIpc) is 2.63. The van der Waals surface area contributed by atoms with Crippen LogP contribution in [0.15, 0.2) is 4.99 Å². The molecule has 0 amide bonds. The van der Waals surface area contributed by atoms with Gasteiger partial charge in [-0.1, -0.05) is 13.8 Å². The summed E-state index contributed by atoms with van der Waals surface area (Å²) in [5.41, 5.74) is 5.76. The second kappa shape index (κ2) is 4.78. The van der Waals surface area contributed by atoms with E-state index in [1.807, 2.05) is 0 Å². The van der Waals surface area contributed by atoms with Crippen molar-refractivity contribution in [2.45, 2.75) is 45.1 Å². The van der Waals surface area contributed by atoms with Crippen molar-refractivity contribution >= 4 is 5.84 Å². The van der Waals surface area contributed by atoms with Crippen LogP contribution < -0.4 is 5.73 Å². The third-order valence-corrected chi connectivity index (χ3v) is 2.90. The number of amidine groups is 1. The highest BCUT2D eigenvalue weighted by atomic mass is 16.5. The first kappa shape index (κ1) is 11.5. The Labute approximate surface area is 86.7 Å². The van der Waals surface area contributed by atoms with Crippen LogP contribution in [0, 0.1) is 5.92 Å². The predicted molar refractivity (Wildman–Crippen MR) is 59.5 cm³/mol. The number of aliphatic imine (C=N–C) groups is 1. The van der Waals surface area contributed by atoms with Gasteiger partial charge in [-0.05, 0) is 31.6 Å². The fraction of sp³-hybridized carbons (Fsp3) is 0.909. The molecule has 82 valence electrons. The summed E-state index contributed by atoms with van der Waals surface area (Å²) in [5, 5.41) is 0. The lowest BCUT2D eigenvalue weighted by Gasteiger charge is -2.26. The molecule has 1 rings (SSSR count). The quantitative estimate of drug-likeness (QED) is 0.554. The summed E-state index contributed by atoms with van der Waals surface area (Å²) in [7, 11) is 1.74. The van der Waals surface area contributed by atoms with E-state index in [1.54, 1.807) is 7.11 Å². The van der Waals surface area contributed by atoms with E-state index >= 15 is 0 Å². The number of methoxy groups -OCH3 is 1. The zero-order valence-electron chi connectivity index (χ0n) is 9.55. The van der Waals surface area contributed by atoms with E-state index in [9.17, 15) is 0 Å². The zero-order valence-corrected chi connectivity index (χ0v) is 9.55. The molecule has 3 heteroatoms. The Morgan fingerprint density at radius 1 is 1.43 bits per heavy atom. The molecule has 0 atom stereocenters. The third-order valence-electron chi connectivity index (χ3n) is 2.90. The smallest absolute Gasteiger partial charge is 0.126 e. The van der Waals surface area contributed by atoms with Crippen LogP contribution >= 0.6 is 0 Å². The molecule has 0 aromatic heterocycles. The summed E-state index contributed by atoms with van der Waals surface area (Å²) >= 11 is 0. The molecule has 14 heavy (non-hydrogen) atoms. The molecule has 0 unspecified atom stereocenters. The van der Waals surface area contributed by atoms with Crippen molar-refractivity contribution in [1.29, 1.82) is 0 Å². The van der Waals surface area contributed by atoms with Gasteiger partial charge in [0.2, 0.25) is 0 Å². The van der Waals surface area contributed by atoms with Crippen molar-refractivity contribution in [1.82, 2.24) is 0 Å². The Bertz CT molecular complexity index is 205. The molecule has 1 saturated carbocycles. The fourth-order valence-electron chi connectivity index (χ4n) is 1.94. The van der Waals surface area contributed by atoms with E-state index in [4.69, 9.17) is 10.5 Å². The molecule has 0 radical (unpaired) electrons. The van der Waals surface area contributed by atoms with Gasteiger partial charge in [0.25, 0.3) is 0 Å². The predicted octanol–water partition coefficient (Wildman–Crippen LogP) is 1.96. The molecule has 0 saturated heterocycles. The van der Waals surface area contributed by atoms with Gasteiger partial charge in [0.1, 0.15) is 11.4 Å². The van der Waals surface area contributed by atoms with Crippen molar-refractivity contribution < 1.29 is 4.74 Å². The van der Waals surface area contributed by atoms with Crippen LogP contribution in [0.2, 0.25) is 0 Å². The number of ether oxygens (including phenoxy) is 1. The Morgan fingerprint density at radius 2 is 2.00 bits per heavy atom. The molecular weight excluding hydrogens is 176 g/mol. The normalized spacial score (nSPS) is 21.9. The molecule has 0 bridgehead atoms. The molecule has 0 aromatic carbocycles. The van der Waals surface area contributed by atoms with Crippen molar-refractivity contribution in [3.8, 4) is 0 Å². The van der Waals surface area contributed by atoms with Gasteiger partial charge in [0.15, 0.2) is 0 Å². The van der Waals surface area contributed by atoms with E-state index in [0.717, 1.165) is 19.4 Å². The first-order valence-electron chi connectivity index (χ1n) is 5.46. The Balaban J connectivity index is 2.64. The van der Waals surface area contributed by atoms with Gasteiger partial charge >= 0.3 is 0 Å². The van der Waals surface area contributed by atoms with Crippen molar-refractivity contribution in [3.63, 3.8) is 0 Å². The van der Waals surface area contributed by atoms with Crippen LogP contribution in [-0.2, 0) is 4.74 Å².